The molecule has 2 heteroatoms. The highest BCUT2D eigenvalue weighted by molar-refractivity contribution is 5.24. The summed E-state index contributed by atoms with van der Waals surface area (Å²) >= 11 is 0. The van der Waals surface area contributed by atoms with Crippen molar-refractivity contribution in [1.82, 2.24) is 0 Å². The van der Waals surface area contributed by atoms with Crippen LogP contribution in [-0.4, -0.2) is 0 Å². The fourth-order valence-electron chi connectivity index (χ4n) is 1.88. The van der Waals surface area contributed by atoms with E-state index in [0.29, 0.717) is 11.5 Å². The molecule has 14 heavy (non-hydrogen) atoms. The van der Waals surface area contributed by atoms with Crippen LogP contribution in [0.3, 0.4) is 0 Å². The number of benzene rings is 1. The molecule has 2 N–H and O–H groups in total. The maximum absolute atomic E-state index is 13.5. The van der Waals surface area contributed by atoms with Gasteiger partial charge in [0, 0.05) is 11.1 Å². The van der Waals surface area contributed by atoms with E-state index in [-0.39, 0.29) is 5.82 Å². The van der Waals surface area contributed by atoms with E-state index in [1.807, 2.05) is 13.0 Å². The van der Waals surface area contributed by atoms with Crippen molar-refractivity contribution in [2.45, 2.75) is 32.7 Å². The molecule has 0 spiro atoms. The zero-order valence-electron chi connectivity index (χ0n) is 9.05. The third-order valence-electron chi connectivity index (χ3n) is 2.32. The lowest BCUT2D eigenvalue weighted by molar-refractivity contribution is 0.366. The van der Waals surface area contributed by atoms with Gasteiger partial charge in [0.05, 0.1) is 0 Å². The summed E-state index contributed by atoms with van der Waals surface area (Å²) in [5.74, 6) is 0.253. The Kier molecular flexibility index (Phi) is 3.27. The van der Waals surface area contributed by atoms with Crippen molar-refractivity contribution >= 4 is 0 Å². The Bertz CT molecular complexity index is 305. The largest absolute Gasteiger partial charge is 0.322 e. The quantitative estimate of drug-likeness (QED) is 0.788. The predicted molar refractivity (Wildman–Crippen MR) is 57.4 cm³/mol. The van der Waals surface area contributed by atoms with Gasteiger partial charge in [0.25, 0.3) is 0 Å². The standard InChI is InChI=1S/C12H18FN/c1-9(2)8-12(3,14)10-6-4-5-7-11(10)13/h4-7,9H,8,14H2,1-3H3. The normalized spacial score (nSPS) is 15.6. The fourth-order valence-corrected chi connectivity index (χ4v) is 1.88. The van der Waals surface area contributed by atoms with Crippen LogP contribution in [0.25, 0.3) is 0 Å². The number of rotatable bonds is 3. The highest BCUT2D eigenvalue weighted by Gasteiger charge is 2.25. The lowest BCUT2D eigenvalue weighted by Gasteiger charge is -2.27. The highest BCUT2D eigenvalue weighted by Crippen LogP contribution is 2.27. The van der Waals surface area contributed by atoms with E-state index in [4.69, 9.17) is 5.73 Å². The molecule has 1 rings (SSSR count). The first kappa shape index (κ1) is 11.2. The average Bonchev–Trinajstić information content (AvgIpc) is 2.02. The van der Waals surface area contributed by atoms with Crippen molar-refractivity contribution < 1.29 is 4.39 Å². The van der Waals surface area contributed by atoms with Crippen LogP contribution in [0.4, 0.5) is 4.39 Å². The van der Waals surface area contributed by atoms with E-state index in [0.717, 1.165) is 6.42 Å². The van der Waals surface area contributed by atoms with E-state index >= 15 is 0 Å². The fraction of sp³-hybridized carbons (Fsp3) is 0.500. The lowest BCUT2D eigenvalue weighted by Crippen LogP contribution is -2.35. The van der Waals surface area contributed by atoms with Crippen molar-refractivity contribution in [1.29, 1.82) is 0 Å². The molecule has 0 radical (unpaired) electrons. The average molecular weight is 195 g/mol. The van der Waals surface area contributed by atoms with Crippen LogP contribution in [0.5, 0.6) is 0 Å². The van der Waals surface area contributed by atoms with Gasteiger partial charge in [-0.3, -0.25) is 0 Å². The molecule has 0 aliphatic rings. The van der Waals surface area contributed by atoms with Gasteiger partial charge in [0.2, 0.25) is 0 Å². The SMILES string of the molecule is CC(C)CC(C)(N)c1ccccc1F. The van der Waals surface area contributed by atoms with Gasteiger partial charge in [-0.25, -0.2) is 4.39 Å². The Morgan fingerprint density at radius 1 is 1.36 bits per heavy atom. The van der Waals surface area contributed by atoms with Gasteiger partial charge in [0.1, 0.15) is 5.82 Å². The first-order valence-corrected chi connectivity index (χ1v) is 4.97. The monoisotopic (exact) mass is 195 g/mol. The number of hydrogen-bond acceptors (Lipinski definition) is 1. The zero-order chi connectivity index (χ0) is 10.8. The molecule has 1 aromatic carbocycles. The van der Waals surface area contributed by atoms with Crippen molar-refractivity contribution in [2.75, 3.05) is 0 Å². The minimum atomic E-state index is -0.570. The molecule has 0 aliphatic carbocycles. The molecule has 0 amide bonds. The van der Waals surface area contributed by atoms with Crippen molar-refractivity contribution in [3.8, 4) is 0 Å². The van der Waals surface area contributed by atoms with Crippen molar-refractivity contribution in [3.05, 3.63) is 35.6 Å². The Labute approximate surface area is 85.1 Å². The van der Waals surface area contributed by atoms with Gasteiger partial charge < -0.3 is 5.73 Å². The first-order chi connectivity index (χ1) is 6.43. The molecule has 0 fully saturated rings. The second kappa shape index (κ2) is 4.09. The summed E-state index contributed by atoms with van der Waals surface area (Å²) in [6, 6.07) is 6.73. The van der Waals surface area contributed by atoms with Crippen LogP contribution in [0.15, 0.2) is 24.3 Å². The molecule has 1 nitrogen and oxygen atoms in total. The van der Waals surface area contributed by atoms with Gasteiger partial charge in [-0.05, 0) is 25.3 Å². The number of hydrogen-bond donors (Lipinski definition) is 1. The molecule has 0 saturated heterocycles. The summed E-state index contributed by atoms with van der Waals surface area (Å²) in [6.45, 7) is 6.06. The Morgan fingerprint density at radius 2 is 1.93 bits per heavy atom. The third kappa shape index (κ3) is 2.55. The minimum Gasteiger partial charge on any atom is -0.322 e. The third-order valence-corrected chi connectivity index (χ3v) is 2.32. The second-order valence-electron chi connectivity index (χ2n) is 4.50. The molecule has 0 aliphatic heterocycles. The molecular weight excluding hydrogens is 177 g/mol. The molecule has 78 valence electrons. The van der Waals surface area contributed by atoms with Crippen LogP contribution in [0.2, 0.25) is 0 Å². The molecule has 1 aromatic rings. The van der Waals surface area contributed by atoms with Gasteiger partial charge in [0.15, 0.2) is 0 Å². The summed E-state index contributed by atoms with van der Waals surface area (Å²) in [6.07, 6.45) is 0.786. The Hall–Kier alpha value is -0.890. The van der Waals surface area contributed by atoms with Crippen LogP contribution in [0, 0.1) is 11.7 Å². The van der Waals surface area contributed by atoms with Crippen molar-refractivity contribution in [3.63, 3.8) is 0 Å². The van der Waals surface area contributed by atoms with Gasteiger partial charge in [-0.2, -0.15) is 0 Å². The van der Waals surface area contributed by atoms with Gasteiger partial charge in [-0.15, -0.1) is 0 Å². The van der Waals surface area contributed by atoms with E-state index in [2.05, 4.69) is 13.8 Å². The van der Waals surface area contributed by atoms with E-state index < -0.39 is 5.54 Å². The molecule has 0 aromatic heterocycles. The first-order valence-electron chi connectivity index (χ1n) is 4.97. The molecule has 1 unspecified atom stereocenters. The summed E-state index contributed by atoms with van der Waals surface area (Å²) < 4.78 is 13.5. The zero-order valence-corrected chi connectivity index (χ0v) is 9.05. The smallest absolute Gasteiger partial charge is 0.128 e. The number of halogens is 1. The van der Waals surface area contributed by atoms with E-state index in [1.165, 1.54) is 6.07 Å². The van der Waals surface area contributed by atoms with Crippen molar-refractivity contribution in [2.24, 2.45) is 11.7 Å². The van der Waals surface area contributed by atoms with Crippen LogP contribution >= 0.6 is 0 Å². The molecule has 0 bridgehead atoms. The highest BCUT2D eigenvalue weighted by atomic mass is 19.1. The van der Waals surface area contributed by atoms with Gasteiger partial charge in [-0.1, -0.05) is 32.0 Å². The topological polar surface area (TPSA) is 26.0 Å². The lowest BCUT2D eigenvalue weighted by atomic mass is 9.85. The maximum atomic E-state index is 13.5. The van der Waals surface area contributed by atoms with Crippen LogP contribution in [-0.2, 0) is 5.54 Å². The number of nitrogens with two attached hydrogens (primary N) is 1. The summed E-state index contributed by atoms with van der Waals surface area (Å²) in [7, 11) is 0. The summed E-state index contributed by atoms with van der Waals surface area (Å²) in [5.41, 5.74) is 6.14. The minimum absolute atomic E-state index is 0.210. The van der Waals surface area contributed by atoms with E-state index in [1.54, 1.807) is 12.1 Å². The Morgan fingerprint density at radius 3 is 2.43 bits per heavy atom. The molecule has 0 heterocycles. The second-order valence-corrected chi connectivity index (χ2v) is 4.50. The Balaban J connectivity index is 2.97. The molecular formula is C12H18FN. The molecule has 1 atom stereocenters. The maximum Gasteiger partial charge on any atom is 0.128 e. The predicted octanol–water partition coefficient (Wildman–Crippen LogP) is 3.05. The van der Waals surface area contributed by atoms with Crippen LogP contribution in [0.1, 0.15) is 32.8 Å². The summed E-state index contributed by atoms with van der Waals surface area (Å²) in [4.78, 5) is 0. The van der Waals surface area contributed by atoms with Crippen LogP contribution < -0.4 is 5.73 Å². The molecule has 0 saturated carbocycles. The van der Waals surface area contributed by atoms with Gasteiger partial charge >= 0.3 is 0 Å². The van der Waals surface area contributed by atoms with E-state index in [9.17, 15) is 4.39 Å². The summed E-state index contributed by atoms with van der Waals surface area (Å²) in [5, 5.41) is 0.